The van der Waals surface area contributed by atoms with Gasteiger partial charge in [-0.15, -0.1) is 0 Å². The molecule has 1 aliphatic carbocycles. The van der Waals surface area contributed by atoms with Crippen LogP contribution in [0.4, 0.5) is 0 Å². The average molecular weight is 301 g/mol. The van der Waals surface area contributed by atoms with Crippen LogP contribution >= 0.6 is 0 Å². The van der Waals surface area contributed by atoms with Gasteiger partial charge in [0.25, 0.3) is 0 Å². The van der Waals surface area contributed by atoms with Crippen LogP contribution in [0, 0.1) is 12.8 Å². The molecule has 21 heavy (non-hydrogen) atoms. The molecule has 1 fully saturated rings. The number of sulfone groups is 1. The molecule has 1 saturated carbocycles. The van der Waals surface area contributed by atoms with Gasteiger partial charge in [-0.3, -0.25) is 0 Å². The third kappa shape index (κ3) is 2.49. The van der Waals surface area contributed by atoms with E-state index in [9.17, 15) is 8.42 Å². The van der Waals surface area contributed by atoms with Crippen molar-refractivity contribution in [2.75, 3.05) is 6.54 Å². The summed E-state index contributed by atoms with van der Waals surface area (Å²) < 4.78 is 25.6. The minimum Gasteiger partial charge on any atom is -0.330 e. The Kier molecular flexibility index (Phi) is 3.59. The summed E-state index contributed by atoms with van der Waals surface area (Å²) in [5.74, 6) is 0.0289. The first-order chi connectivity index (χ1) is 10.1. The molecule has 3 atom stereocenters. The molecular formula is C17H19NO2S. The minimum absolute atomic E-state index is 0.0127. The molecule has 0 unspecified atom stereocenters. The molecule has 0 radical (unpaired) electrons. The van der Waals surface area contributed by atoms with E-state index < -0.39 is 15.1 Å². The normalized spacial score (nSPS) is 24.8. The zero-order valence-electron chi connectivity index (χ0n) is 11.9. The summed E-state index contributed by atoms with van der Waals surface area (Å²) in [6.07, 6.45) is 0. The second-order valence-electron chi connectivity index (χ2n) is 5.66. The Morgan fingerprint density at radius 2 is 1.62 bits per heavy atom. The first-order valence-corrected chi connectivity index (χ1v) is 8.66. The van der Waals surface area contributed by atoms with Gasteiger partial charge in [-0.2, -0.15) is 0 Å². The Morgan fingerprint density at radius 1 is 1.00 bits per heavy atom. The quantitative estimate of drug-likeness (QED) is 0.944. The summed E-state index contributed by atoms with van der Waals surface area (Å²) in [7, 11) is -3.32. The van der Waals surface area contributed by atoms with Crippen LogP contribution < -0.4 is 5.73 Å². The zero-order valence-corrected chi connectivity index (χ0v) is 12.8. The third-order valence-corrected chi connectivity index (χ3v) is 6.55. The molecule has 0 heterocycles. The maximum absolute atomic E-state index is 12.8. The highest BCUT2D eigenvalue weighted by Gasteiger charge is 2.57. The summed E-state index contributed by atoms with van der Waals surface area (Å²) in [6, 6.07) is 16.8. The van der Waals surface area contributed by atoms with Crippen LogP contribution in [0.2, 0.25) is 0 Å². The number of hydrogen-bond acceptors (Lipinski definition) is 3. The third-order valence-electron chi connectivity index (χ3n) is 4.26. The molecule has 0 aliphatic heterocycles. The van der Waals surface area contributed by atoms with E-state index >= 15 is 0 Å². The van der Waals surface area contributed by atoms with Crippen molar-refractivity contribution in [3.63, 3.8) is 0 Å². The fraction of sp³-hybridized carbons (Fsp3) is 0.294. The molecule has 0 saturated heterocycles. The molecule has 0 amide bonds. The van der Waals surface area contributed by atoms with Crippen molar-refractivity contribution in [2.45, 2.75) is 23.0 Å². The van der Waals surface area contributed by atoms with Crippen LogP contribution in [-0.2, 0) is 9.84 Å². The summed E-state index contributed by atoms with van der Waals surface area (Å²) in [6.45, 7) is 2.35. The van der Waals surface area contributed by atoms with Gasteiger partial charge >= 0.3 is 0 Å². The first-order valence-electron chi connectivity index (χ1n) is 7.11. The van der Waals surface area contributed by atoms with Gasteiger partial charge in [-0.1, -0.05) is 48.0 Å². The second-order valence-corrected chi connectivity index (χ2v) is 7.76. The van der Waals surface area contributed by atoms with Gasteiger partial charge in [0.2, 0.25) is 0 Å². The van der Waals surface area contributed by atoms with E-state index in [1.165, 1.54) is 0 Å². The highest BCUT2D eigenvalue weighted by atomic mass is 32.2. The summed E-state index contributed by atoms with van der Waals surface area (Å²) in [4.78, 5) is 0.398. The van der Waals surface area contributed by atoms with E-state index in [0.717, 1.165) is 11.1 Å². The SMILES string of the molecule is Cc1ccc(S(=O)(=O)[C@@H]2[C@H](CN)[C@@H]2c2ccccc2)cc1. The molecule has 2 aromatic rings. The van der Waals surface area contributed by atoms with Gasteiger partial charge in [0.15, 0.2) is 9.84 Å². The van der Waals surface area contributed by atoms with Crippen LogP contribution in [0.25, 0.3) is 0 Å². The highest BCUT2D eigenvalue weighted by Crippen LogP contribution is 2.53. The lowest BCUT2D eigenvalue weighted by Gasteiger charge is -2.05. The summed E-state index contributed by atoms with van der Waals surface area (Å²) in [5.41, 5.74) is 7.91. The fourth-order valence-electron chi connectivity index (χ4n) is 3.04. The minimum atomic E-state index is -3.32. The lowest BCUT2D eigenvalue weighted by atomic mass is 10.1. The Labute approximate surface area is 125 Å². The van der Waals surface area contributed by atoms with Crippen molar-refractivity contribution in [1.29, 1.82) is 0 Å². The van der Waals surface area contributed by atoms with E-state index in [2.05, 4.69) is 0 Å². The maximum Gasteiger partial charge on any atom is 0.182 e. The summed E-state index contributed by atoms with van der Waals surface area (Å²) in [5, 5.41) is -0.396. The van der Waals surface area contributed by atoms with Crippen molar-refractivity contribution in [1.82, 2.24) is 0 Å². The lowest BCUT2D eigenvalue weighted by molar-refractivity contribution is 0.591. The van der Waals surface area contributed by atoms with E-state index in [1.807, 2.05) is 49.4 Å². The van der Waals surface area contributed by atoms with Crippen LogP contribution in [0.3, 0.4) is 0 Å². The Morgan fingerprint density at radius 3 is 2.19 bits per heavy atom. The van der Waals surface area contributed by atoms with Crippen LogP contribution in [-0.4, -0.2) is 20.2 Å². The molecule has 3 rings (SSSR count). The van der Waals surface area contributed by atoms with Crippen molar-refractivity contribution in [3.8, 4) is 0 Å². The molecule has 4 heteroatoms. The highest BCUT2D eigenvalue weighted by molar-refractivity contribution is 7.92. The molecule has 0 aromatic heterocycles. The van der Waals surface area contributed by atoms with Gasteiger partial charge < -0.3 is 5.73 Å². The Bertz CT molecular complexity index is 723. The predicted molar refractivity (Wildman–Crippen MR) is 83.9 cm³/mol. The van der Waals surface area contributed by atoms with E-state index in [1.54, 1.807) is 12.1 Å². The molecule has 0 bridgehead atoms. The topological polar surface area (TPSA) is 60.2 Å². The van der Waals surface area contributed by atoms with Gasteiger partial charge in [0, 0.05) is 5.92 Å². The van der Waals surface area contributed by atoms with Crippen LogP contribution in [0.15, 0.2) is 59.5 Å². The first kappa shape index (κ1) is 14.3. The smallest absolute Gasteiger partial charge is 0.182 e. The Hall–Kier alpha value is -1.65. The lowest BCUT2D eigenvalue weighted by Crippen LogP contribution is -2.13. The predicted octanol–water partition coefficient (Wildman–Crippen LogP) is 2.51. The summed E-state index contributed by atoms with van der Waals surface area (Å²) >= 11 is 0. The second kappa shape index (κ2) is 5.28. The van der Waals surface area contributed by atoms with Crippen molar-refractivity contribution < 1.29 is 8.42 Å². The number of nitrogens with two attached hydrogens (primary N) is 1. The van der Waals surface area contributed by atoms with Gasteiger partial charge in [-0.25, -0.2) is 8.42 Å². The number of aryl methyl sites for hydroxylation is 1. The molecule has 2 N–H and O–H groups in total. The number of benzene rings is 2. The van der Waals surface area contributed by atoms with Gasteiger partial charge in [0.1, 0.15) is 0 Å². The van der Waals surface area contributed by atoms with Crippen molar-refractivity contribution in [3.05, 3.63) is 65.7 Å². The van der Waals surface area contributed by atoms with E-state index in [-0.39, 0.29) is 11.8 Å². The van der Waals surface area contributed by atoms with E-state index in [0.29, 0.717) is 11.4 Å². The number of hydrogen-bond donors (Lipinski definition) is 1. The average Bonchev–Trinajstić information content (AvgIpc) is 3.24. The largest absolute Gasteiger partial charge is 0.330 e. The molecular weight excluding hydrogens is 282 g/mol. The zero-order chi connectivity index (χ0) is 15.0. The number of rotatable bonds is 4. The maximum atomic E-state index is 12.8. The van der Waals surface area contributed by atoms with Crippen LogP contribution in [0.5, 0.6) is 0 Å². The van der Waals surface area contributed by atoms with Gasteiger partial charge in [-0.05, 0) is 37.1 Å². The fourth-order valence-corrected chi connectivity index (χ4v) is 5.27. The van der Waals surface area contributed by atoms with Crippen molar-refractivity contribution in [2.24, 2.45) is 11.7 Å². The molecule has 3 nitrogen and oxygen atoms in total. The van der Waals surface area contributed by atoms with E-state index in [4.69, 9.17) is 5.73 Å². The molecule has 110 valence electrons. The van der Waals surface area contributed by atoms with Gasteiger partial charge in [0.05, 0.1) is 10.1 Å². The molecule has 1 aliphatic rings. The Balaban J connectivity index is 1.94. The standard InChI is InChI=1S/C17H19NO2S/c1-12-7-9-14(10-8-12)21(19,20)17-15(11-18)16(17)13-5-3-2-4-6-13/h2-10,15-17H,11,18H2,1H3/t15-,16+,17-/m1/s1. The van der Waals surface area contributed by atoms with Crippen molar-refractivity contribution >= 4 is 9.84 Å². The molecule has 2 aromatic carbocycles. The monoisotopic (exact) mass is 301 g/mol. The van der Waals surface area contributed by atoms with Crippen LogP contribution in [0.1, 0.15) is 17.0 Å². The molecule has 0 spiro atoms.